The van der Waals surface area contributed by atoms with Gasteiger partial charge in [-0.25, -0.2) is 4.72 Å². The van der Waals surface area contributed by atoms with Crippen molar-refractivity contribution in [1.29, 1.82) is 0 Å². The summed E-state index contributed by atoms with van der Waals surface area (Å²) in [6.07, 6.45) is 5.47. The fraction of sp³-hybridized carbons (Fsp3) is 0.778. The van der Waals surface area contributed by atoms with Gasteiger partial charge < -0.3 is 0 Å². The molecule has 82 valence electrons. The van der Waals surface area contributed by atoms with E-state index >= 15 is 0 Å². The maximum absolute atomic E-state index is 11.6. The molecule has 1 aliphatic rings. The molecule has 1 N–H and O–H groups in total. The Bertz CT molecular complexity index is 269. The van der Waals surface area contributed by atoms with Crippen LogP contribution >= 0.6 is 0 Å². The van der Waals surface area contributed by atoms with Crippen LogP contribution in [0.3, 0.4) is 0 Å². The van der Waals surface area contributed by atoms with Crippen LogP contribution in [0, 0.1) is 0 Å². The van der Waals surface area contributed by atoms with Gasteiger partial charge >= 0.3 is 0 Å². The van der Waals surface area contributed by atoms with Crippen molar-refractivity contribution < 1.29 is 8.42 Å². The molecule has 0 saturated carbocycles. The molecule has 1 heterocycles. The Balaban J connectivity index is 2.42. The molecule has 1 saturated heterocycles. The van der Waals surface area contributed by atoms with Gasteiger partial charge in [-0.2, -0.15) is 12.7 Å². The third kappa shape index (κ3) is 3.40. The second kappa shape index (κ2) is 5.48. The zero-order valence-electron chi connectivity index (χ0n) is 8.41. The summed E-state index contributed by atoms with van der Waals surface area (Å²) in [5, 5.41) is 0. The molecule has 0 spiro atoms. The lowest BCUT2D eigenvalue weighted by Gasteiger charge is -2.25. The van der Waals surface area contributed by atoms with Crippen molar-refractivity contribution in [2.45, 2.75) is 25.7 Å². The first-order valence-corrected chi connectivity index (χ1v) is 6.46. The summed E-state index contributed by atoms with van der Waals surface area (Å²) in [6, 6.07) is 0. The molecule has 0 bridgehead atoms. The predicted octanol–water partition coefficient (Wildman–Crippen LogP) is 0.883. The van der Waals surface area contributed by atoms with Gasteiger partial charge in [0.2, 0.25) is 0 Å². The molecule has 0 unspecified atom stereocenters. The number of rotatable bonds is 5. The van der Waals surface area contributed by atoms with Crippen LogP contribution in [0.15, 0.2) is 12.7 Å². The van der Waals surface area contributed by atoms with E-state index in [1.807, 2.05) is 0 Å². The van der Waals surface area contributed by atoms with Crippen LogP contribution in [-0.2, 0) is 10.2 Å². The fourth-order valence-corrected chi connectivity index (χ4v) is 2.78. The van der Waals surface area contributed by atoms with E-state index in [9.17, 15) is 8.42 Å². The molecule has 0 aromatic rings. The van der Waals surface area contributed by atoms with E-state index in [0.29, 0.717) is 26.1 Å². The highest BCUT2D eigenvalue weighted by Gasteiger charge is 2.22. The van der Waals surface area contributed by atoms with Crippen molar-refractivity contribution >= 4 is 10.2 Å². The molecule has 14 heavy (non-hydrogen) atoms. The van der Waals surface area contributed by atoms with Crippen molar-refractivity contribution in [3.05, 3.63) is 12.7 Å². The molecule has 0 aromatic heterocycles. The summed E-state index contributed by atoms with van der Waals surface area (Å²) in [5.74, 6) is 0. The predicted molar refractivity (Wildman–Crippen MR) is 57.2 cm³/mol. The van der Waals surface area contributed by atoms with Gasteiger partial charge in [-0.3, -0.25) is 0 Å². The van der Waals surface area contributed by atoms with Crippen LogP contribution in [0.2, 0.25) is 0 Å². The molecule has 0 aromatic carbocycles. The molecule has 1 rings (SSSR count). The van der Waals surface area contributed by atoms with Gasteiger partial charge in [-0.1, -0.05) is 12.5 Å². The van der Waals surface area contributed by atoms with Crippen LogP contribution < -0.4 is 4.72 Å². The minimum Gasteiger partial charge on any atom is -0.202 e. The number of hydrogen-bond acceptors (Lipinski definition) is 2. The van der Waals surface area contributed by atoms with E-state index in [4.69, 9.17) is 0 Å². The second-order valence-electron chi connectivity index (χ2n) is 3.44. The van der Waals surface area contributed by atoms with Gasteiger partial charge in [-0.05, 0) is 19.3 Å². The lowest BCUT2D eigenvalue weighted by atomic mass is 10.2. The lowest BCUT2D eigenvalue weighted by Crippen LogP contribution is -2.43. The molecule has 0 atom stereocenters. The highest BCUT2D eigenvalue weighted by atomic mass is 32.2. The Labute approximate surface area is 86.2 Å². The number of nitrogens with one attached hydrogen (secondary N) is 1. The Kier molecular flexibility index (Phi) is 4.57. The molecular formula is C9H18N2O2S. The Morgan fingerprint density at radius 2 is 1.93 bits per heavy atom. The van der Waals surface area contributed by atoms with E-state index < -0.39 is 10.2 Å². The quantitative estimate of drug-likeness (QED) is 0.550. The molecule has 5 heteroatoms. The van der Waals surface area contributed by atoms with Crippen molar-refractivity contribution in [2.24, 2.45) is 0 Å². The zero-order chi connectivity index (χ0) is 10.4. The SMILES string of the molecule is C=CCCNS(=O)(=O)N1CCCCC1. The molecule has 1 aliphatic heterocycles. The number of piperidine rings is 1. The second-order valence-corrected chi connectivity index (χ2v) is 5.19. The maximum atomic E-state index is 11.6. The summed E-state index contributed by atoms with van der Waals surface area (Å²) in [7, 11) is -3.22. The summed E-state index contributed by atoms with van der Waals surface area (Å²) >= 11 is 0. The van der Waals surface area contributed by atoms with Crippen molar-refractivity contribution in [3.63, 3.8) is 0 Å². The molecule has 1 fully saturated rings. The summed E-state index contributed by atoms with van der Waals surface area (Å²) in [6.45, 7) is 5.30. The minimum absolute atomic E-state index is 0.447. The van der Waals surface area contributed by atoms with Crippen molar-refractivity contribution in [3.8, 4) is 0 Å². The van der Waals surface area contributed by atoms with Crippen molar-refractivity contribution in [2.75, 3.05) is 19.6 Å². The maximum Gasteiger partial charge on any atom is 0.279 e. The normalized spacial score (nSPS) is 19.4. The Hall–Kier alpha value is -0.390. The topological polar surface area (TPSA) is 49.4 Å². The first-order chi connectivity index (χ1) is 6.67. The van der Waals surface area contributed by atoms with E-state index in [1.165, 1.54) is 4.31 Å². The lowest BCUT2D eigenvalue weighted by molar-refractivity contribution is 0.342. The minimum atomic E-state index is -3.22. The average molecular weight is 218 g/mol. The van der Waals surface area contributed by atoms with Gasteiger partial charge in [-0.15, -0.1) is 6.58 Å². The first kappa shape index (κ1) is 11.7. The standard InChI is InChI=1S/C9H18N2O2S/c1-2-3-7-10-14(12,13)11-8-5-4-6-9-11/h2,10H,1,3-9H2. The van der Waals surface area contributed by atoms with E-state index in [2.05, 4.69) is 11.3 Å². The molecule has 0 radical (unpaired) electrons. The largest absolute Gasteiger partial charge is 0.279 e. The third-order valence-electron chi connectivity index (χ3n) is 2.29. The molecular weight excluding hydrogens is 200 g/mol. The van der Waals surface area contributed by atoms with E-state index in [-0.39, 0.29) is 0 Å². The van der Waals surface area contributed by atoms with E-state index in [0.717, 1.165) is 19.3 Å². The number of hydrogen-bond donors (Lipinski definition) is 1. The van der Waals surface area contributed by atoms with Crippen LogP contribution in [0.4, 0.5) is 0 Å². The van der Waals surface area contributed by atoms with Crippen molar-refractivity contribution in [1.82, 2.24) is 9.03 Å². The zero-order valence-corrected chi connectivity index (χ0v) is 9.22. The first-order valence-electron chi connectivity index (χ1n) is 5.02. The van der Waals surface area contributed by atoms with Gasteiger partial charge in [0.1, 0.15) is 0 Å². The fourth-order valence-electron chi connectivity index (χ4n) is 1.49. The number of nitrogens with zero attached hydrogens (tertiary/aromatic N) is 1. The highest BCUT2D eigenvalue weighted by Crippen LogP contribution is 2.11. The third-order valence-corrected chi connectivity index (χ3v) is 3.90. The van der Waals surface area contributed by atoms with Crippen LogP contribution in [-0.4, -0.2) is 32.4 Å². The Morgan fingerprint density at radius 1 is 1.29 bits per heavy atom. The van der Waals surface area contributed by atoms with E-state index in [1.54, 1.807) is 6.08 Å². The average Bonchev–Trinajstić information content (AvgIpc) is 2.19. The highest BCUT2D eigenvalue weighted by molar-refractivity contribution is 7.87. The van der Waals surface area contributed by atoms with Crippen LogP contribution in [0.25, 0.3) is 0 Å². The molecule has 0 amide bonds. The smallest absolute Gasteiger partial charge is 0.202 e. The van der Waals surface area contributed by atoms with Gasteiger partial charge in [0.05, 0.1) is 0 Å². The summed E-state index contributed by atoms with van der Waals surface area (Å²) < 4.78 is 27.4. The monoisotopic (exact) mass is 218 g/mol. The summed E-state index contributed by atoms with van der Waals surface area (Å²) in [5.41, 5.74) is 0. The van der Waals surface area contributed by atoms with Gasteiger partial charge in [0, 0.05) is 19.6 Å². The van der Waals surface area contributed by atoms with Crippen LogP contribution in [0.5, 0.6) is 0 Å². The van der Waals surface area contributed by atoms with Crippen LogP contribution in [0.1, 0.15) is 25.7 Å². The molecule has 4 nitrogen and oxygen atoms in total. The molecule has 0 aliphatic carbocycles. The Morgan fingerprint density at radius 3 is 2.50 bits per heavy atom. The van der Waals surface area contributed by atoms with Gasteiger partial charge in [0.15, 0.2) is 0 Å². The summed E-state index contributed by atoms with van der Waals surface area (Å²) in [4.78, 5) is 0. The van der Waals surface area contributed by atoms with Gasteiger partial charge in [0.25, 0.3) is 10.2 Å².